The standard InChI is InChI=1S/C14H21NO2/c1-10-4-5-11(2)14(12(10)3)17-9-13-8-16-7-6-15-13/h4-5,13,15H,6-9H2,1-3H3. The van der Waals surface area contributed by atoms with E-state index in [0.29, 0.717) is 12.6 Å². The number of hydrogen-bond acceptors (Lipinski definition) is 3. The molecule has 1 aliphatic rings. The zero-order chi connectivity index (χ0) is 12.3. The maximum absolute atomic E-state index is 5.95. The van der Waals surface area contributed by atoms with E-state index in [1.54, 1.807) is 0 Å². The van der Waals surface area contributed by atoms with E-state index in [4.69, 9.17) is 9.47 Å². The highest BCUT2D eigenvalue weighted by atomic mass is 16.5. The van der Waals surface area contributed by atoms with E-state index in [9.17, 15) is 0 Å². The van der Waals surface area contributed by atoms with E-state index in [-0.39, 0.29) is 0 Å². The molecule has 17 heavy (non-hydrogen) atoms. The summed E-state index contributed by atoms with van der Waals surface area (Å²) in [6, 6.07) is 4.56. The van der Waals surface area contributed by atoms with Gasteiger partial charge in [0.1, 0.15) is 12.4 Å². The van der Waals surface area contributed by atoms with Crippen molar-refractivity contribution in [3.8, 4) is 5.75 Å². The van der Waals surface area contributed by atoms with Gasteiger partial charge in [-0.15, -0.1) is 0 Å². The molecule has 1 atom stereocenters. The molecule has 0 spiro atoms. The molecule has 3 nitrogen and oxygen atoms in total. The van der Waals surface area contributed by atoms with Crippen molar-refractivity contribution in [2.45, 2.75) is 26.8 Å². The highest BCUT2D eigenvalue weighted by Gasteiger charge is 2.15. The van der Waals surface area contributed by atoms with Gasteiger partial charge in [-0.3, -0.25) is 0 Å². The fourth-order valence-corrected chi connectivity index (χ4v) is 2.06. The largest absolute Gasteiger partial charge is 0.491 e. The van der Waals surface area contributed by atoms with E-state index in [1.165, 1.54) is 16.7 Å². The lowest BCUT2D eigenvalue weighted by Gasteiger charge is -2.24. The predicted octanol–water partition coefficient (Wildman–Crippen LogP) is 1.98. The topological polar surface area (TPSA) is 30.5 Å². The van der Waals surface area contributed by atoms with E-state index in [0.717, 1.165) is 25.5 Å². The van der Waals surface area contributed by atoms with Crippen LogP contribution in [0, 0.1) is 20.8 Å². The lowest BCUT2D eigenvalue weighted by atomic mass is 10.1. The highest BCUT2D eigenvalue weighted by Crippen LogP contribution is 2.25. The molecular formula is C14H21NO2. The Bertz CT molecular complexity index is 384. The zero-order valence-corrected chi connectivity index (χ0v) is 10.9. The number of benzene rings is 1. The first-order valence-electron chi connectivity index (χ1n) is 6.19. The Morgan fingerprint density at radius 1 is 1.29 bits per heavy atom. The summed E-state index contributed by atoms with van der Waals surface area (Å²) in [4.78, 5) is 0. The lowest BCUT2D eigenvalue weighted by molar-refractivity contribution is 0.0590. The van der Waals surface area contributed by atoms with Gasteiger partial charge < -0.3 is 14.8 Å². The number of rotatable bonds is 3. The van der Waals surface area contributed by atoms with E-state index in [2.05, 4.69) is 38.2 Å². The van der Waals surface area contributed by atoms with Crippen molar-refractivity contribution in [1.29, 1.82) is 0 Å². The predicted molar refractivity (Wildman–Crippen MR) is 68.8 cm³/mol. The molecule has 0 aromatic heterocycles. The van der Waals surface area contributed by atoms with Gasteiger partial charge in [-0.05, 0) is 37.5 Å². The fourth-order valence-electron chi connectivity index (χ4n) is 2.06. The molecule has 1 saturated heterocycles. The molecule has 2 rings (SSSR count). The Kier molecular flexibility index (Phi) is 4.02. The first kappa shape index (κ1) is 12.4. The Hall–Kier alpha value is -1.06. The molecule has 1 N–H and O–H groups in total. The summed E-state index contributed by atoms with van der Waals surface area (Å²) in [6.07, 6.45) is 0. The van der Waals surface area contributed by atoms with E-state index in [1.807, 2.05) is 0 Å². The van der Waals surface area contributed by atoms with Gasteiger partial charge in [0.15, 0.2) is 0 Å². The summed E-state index contributed by atoms with van der Waals surface area (Å²) in [7, 11) is 0. The summed E-state index contributed by atoms with van der Waals surface area (Å²) in [5.74, 6) is 1.03. The molecule has 0 bridgehead atoms. The summed E-state index contributed by atoms with van der Waals surface area (Å²) >= 11 is 0. The van der Waals surface area contributed by atoms with Crippen molar-refractivity contribution in [2.24, 2.45) is 0 Å². The first-order valence-corrected chi connectivity index (χ1v) is 6.19. The van der Waals surface area contributed by atoms with Crippen LogP contribution in [0.15, 0.2) is 12.1 Å². The average molecular weight is 235 g/mol. The molecule has 0 saturated carbocycles. The Balaban J connectivity index is 2.00. The molecular weight excluding hydrogens is 214 g/mol. The van der Waals surface area contributed by atoms with Crippen LogP contribution in [0.5, 0.6) is 5.75 Å². The lowest BCUT2D eigenvalue weighted by Crippen LogP contribution is -2.44. The minimum atomic E-state index is 0.308. The maximum atomic E-state index is 5.95. The first-order chi connectivity index (χ1) is 8.18. The number of morpholine rings is 1. The molecule has 94 valence electrons. The van der Waals surface area contributed by atoms with Crippen LogP contribution in [0.1, 0.15) is 16.7 Å². The number of aryl methyl sites for hydroxylation is 2. The third-order valence-electron chi connectivity index (χ3n) is 3.30. The second kappa shape index (κ2) is 5.52. The molecule has 1 heterocycles. The third kappa shape index (κ3) is 2.99. The van der Waals surface area contributed by atoms with Crippen molar-refractivity contribution in [3.63, 3.8) is 0 Å². The van der Waals surface area contributed by atoms with Crippen molar-refractivity contribution >= 4 is 0 Å². The number of nitrogens with one attached hydrogen (secondary N) is 1. The third-order valence-corrected chi connectivity index (χ3v) is 3.30. The summed E-state index contributed by atoms with van der Waals surface area (Å²) in [5.41, 5.74) is 3.71. The molecule has 1 unspecified atom stereocenters. The van der Waals surface area contributed by atoms with Crippen LogP contribution in [0.3, 0.4) is 0 Å². The molecule has 1 aliphatic heterocycles. The van der Waals surface area contributed by atoms with Crippen LogP contribution in [-0.4, -0.2) is 32.4 Å². The normalized spacial score (nSPS) is 20.3. The molecule has 1 aromatic rings. The van der Waals surface area contributed by atoms with Gasteiger partial charge in [0.25, 0.3) is 0 Å². The van der Waals surface area contributed by atoms with E-state index >= 15 is 0 Å². The second-order valence-corrected chi connectivity index (χ2v) is 4.69. The van der Waals surface area contributed by atoms with Gasteiger partial charge in [-0.25, -0.2) is 0 Å². The maximum Gasteiger partial charge on any atom is 0.125 e. The van der Waals surface area contributed by atoms with Crippen LogP contribution in [0.4, 0.5) is 0 Å². The van der Waals surface area contributed by atoms with Gasteiger partial charge in [-0.1, -0.05) is 12.1 Å². The van der Waals surface area contributed by atoms with Crippen LogP contribution >= 0.6 is 0 Å². The van der Waals surface area contributed by atoms with Crippen molar-refractivity contribution in [3.05, 3.63) is 28.8 Å². The SMILES string of the molecule is Cc1ccc(C)c(OCC2COCCN2)c1C. The molecule has 1 fully saturated rings. The van der Waals surface area contributed by atoms with Crippen LogP contribution in [-0.2, 0) is 4.74 Å². The average Bonchev–Trinajstić information content (AvgIpc) is 2.35. The fraction of sp³-hybridized carbons (Fsp3) is 0.571. The number of hydrogen-bond donors (Lipinski definition) is 1. The van der Waals surface area contributed by atoms with Crippen LogP contribution in [0.2, 0.25) is 0 Å². The number of ether oxygens (including phenoxy) is 2. The second-order valence-electron chi connectivity index (χ2n) is 4.69. The Morgan fingerprint density at radius 3 is 2.76 bits per heavy atom. The zero-order valence-electron chi connectivity index (χ0n) is 10.9. The van der Waals surface area contributed by atoms with Crippen molar-refractivity contribution in [1.82, 2.24) is 5.32 Å². The van der Waals surface area contributed by atoms with Crippen LogP contribution in [0.25, 0.3) is 0 Å². The molecule has 3 heteroatoms. The molecule has 0 radical (unpaired) electrons. The minimum Gasteiger partial charge on any atom is -0.491 e. The van der Waals surface area contributed by atoms with Gasteiger partial charge in [-0.2, -0.15) is 0 Å². The smallest absolute Gasteiger partial charge is 0.125 e. The minimum absolute atomic E-state index is 0.308. The Labute approximate surface area is 103 Å². The van der Waals surface area contributed by atoms with Gasteiger partial charge >= 0.3 is 0 Å². The van der Waals surface area contributed by atoms with E-state index < -0.39 is 0 Å². The Morgan fingerprint density at radius 2 is 2.06 bits per heavy atom. The molecule has 1 aromatic carbocycles. The highest BCUT2D eigenvalue weighted by molar-refractivity contribution is 5.44. The quantitative estimate of drug-likeness (QED) is 0.869. The van der Waals surface area contributed by atoms with Gasteiger partial charge in [0.2, 0.25) is 0 Å². The van der Waals surface area contributed by atoms with Gasteiger partial charge in [0, 0.05) is 6.54 Å². The van der Waals surface area contributed by atoms with Crippen molar-refractivity contribution in [2.75, 3.05) is 26.4 Å². The monoisotopic (exact) mass is 235 g/mol. The molecule has 0 aliphatic carbocycles. The van der Waals surface area contributed by atoms with Crippen molar-refractivity contribution < 1.29 is 9.47 Å². The summed E-state index contributed by atoms with van der Waals surface area (Å²) in [5, 5.41) is 3.39. The van der Waals surface area contributed by atoms with Gasteiger partial charge in [0.05, 0.1) is 19.3 Å². The summed E-state index contributed by atoms with van der Waals surface area (Å²) < 4.78 is 11.4. The molecule has 0 amide bonds. The summed E-state index contributed by atoms with van der Waals surface area (Å²) in [6.45, 7) is 9.45. The van der Waals surface area contributed by atoms with Crippen LogP contribution < -0.4 is 10.1 Å².